The standard InChI is InChI=1S/C14H21BrN2O3S/c1-4-17(8-11-6-7-12(15)21-11)13(18)9-16(3)10-14(19)20-5-2/h6-7H,4-5,8-10H2,1-3H3. The van der Waals surface area contributed by atoms with Gasteiger partial charge in [-0.25, -0.2) is 0 Å². The summed E-state index contributed by atoms with van der Waals surface area (Å²) in [5.41, 5.74) is 0. The fraction of sp³-hybridized carbons (Fsp3) is 0.571. The highest BCUT2D eigenvalue weighted by Gasteiger charge is 2.17. The maximum absolute atomic E-state index is 12.3. The van der Waals surface area contributed by atoms with Gasteiger partial charge in [0.25, 0.3) is 0 Å². The first-order valence-electron chi connectivity index (χ1n) is 6.82. The van der Waals surface area contributed by atoms with Crippen molar-refractivity contribution >= 4 is 39.1 Å². The van der Waals surface area contributed by atoms with E-state index in [1.165, 1.54) is 0 Å². The van der Waals surface area contributed by atoms with Crippen LogP contribution in [0, 0.1) is 0 Å². The smallest absolute Gasteiger partial charge is 0.320 e. The number of hydrogen-bond donors (Lipinski definition) is 0. The van der Waals surface area contributed by atoms with Crippen LogP contribution in [0.25, 0.3) is 0 Å². The summed E-state index contributed by atoms with van der Waals surface area (Å²) in [5.74, 6) is -0.299. The average molecular weight is 377 g/mol. The first-order chi connectivity index (χ1) is 9.96. The Morgan fingerprint density at radius 2 is 2.00 bits per heavy atom. The fourth-order valence-corrected chi connectivity index (χ4v) is 3.31. The van der Waals surface area contributed by atoms with Gasteiger partial charge in [-0.15, -0.1) is 11.3 Å². The van der Waals surface area contributed by atoms with Crippen LogP contribution < -0.4 is 0 Å². The van der Waals surface area contributed by atoms with Crippen LogP contribution in [0.2, 0.25) is 0 Å². The molecule has 0 unspecified atom stereocenters. The zero-order chi connectivity index (χ0) is 15.8. The summed E-state index contributed by atoms with van der Waals surface area (Å²) in [6, 6.07) is 3.98. The highest BCUT2D eigenvalue weighted by Crippen LogP contribution is 2.23. The summed E-state index contributed by atoms with van der Waals surface area (Å²) in [4.78, 5) is 28.2. The minimum Gasteiger partial charge on any atom is -0.465 e. The summed E-state index contributed by atoms with van der Waals surface area (Å²) >= 11 is 5.04. The lowest BCUT2D eigenvalue weighted by Crippen LogP contribution is -2.40. The molecule has 0 fully saturated rings. The summed E-state index contributed by atoms with van der Waals surface area (Å²) in [6.45, 7) is 5.64. The second kappa shape index (κ2) is 9.17. The molecule has 0 bridgehead atoms. The molecule has 1 aromatic rings. The van der Waals surface area contributed by atoms with E-state index < -0.39 is 0 Å². The highest BCUT2D eigenvalue weighted by molar-refractivity contribution is 9.11. The molecule has 0 saturated heterocycles. The third-order valence-corrected chi connectivity index (χ3v) is 4.43. The molecule has 1 aromatic heterocycles. The van der Waals surface area contributed by atoms with Gasteiger partial charge in [0.1, 0.15) is 0 Å². The molecule has 1 amide bonds. The second-order valence-electron chi connectivity index (χ2n) is 4.59. The van der Waals surface area contributed by atoms with E-state index in [9.17, 15) is 9.59 Å². The van der Waals surface area contributed by atoms with Gasteiger partial charge < -0.3 is 9.64 Å². The van der Waals surface area contributed by atoms with Crippen LogP contribution >= 0.6 is 27.3 Å². The van der Waals surface area contributed by atoms with E-state index in [0.29, 0.717) is 19.7 Å². The molecule has 0 saturated carbocycles. The second-order valence-corrected chi connectivity index (χ2v) is 7.14. The van der Waals surface area contributed by atoms with Gasteiger partial charge in [0.15, 0.2) is 0 Å². The van der Waals surface area contributed by atoms with Gasteiger partial charge in [0.2, 0.25) is 5.91 Å². The zero-order valence-corrected chi connectivity index (χ0v) is 15.0. The fourth-order valence-electron chi connectivity index (χ4n) is 1.81. The van der Waals surface area contributed by atoms with Gasteiger partial charge in [-0.3, -0.25) is 14.5 Å². The van der Waals surface area contributed by atoms with Crippen molar-refractivity contribution in [1.82, 2.24) is 9.80 Å². The van der Waals surface area contributed by atoms with Crippen molar-refractivity contribution in [1.29, 1.82) is 0 Å². The number of nitrogens with zero attached hydrogens (tertiary/aromatic N) is 2. The van der Waals surface area contributed by atoms with E-state index in [4.69, 9.17) is 4.74 Å². The van der Waals surface area contributed by atoms with Crippen molar-refractivity contribution in [3.63, 3.8) is 0 Å². The van der Waals surface area contributed by atoms with Crippen LogP contribution in [-0.4, -0.2) is 55.0 Å². The minimum atomic E-state index is -0.307. The SMILES string of the molecule is CCOC(=O)CN(C)CC(=O)N(CC)Cc1ccc(Br)s1. The van der Waals surface area contributed by atoms with E-state index in [1.54, 1.807) is 35.1 Å². The number of carbonyl (C=O) groups excluding carboxylic acids is 2. The maximum atomic E-state index is 12.3. The first-order valence-corrected chi connectivity index (χ1v) is 8.43. The number of carbonyl (C=O) groups is 2. The van der Waals surface area contributed by atoms with Crippen LogP contribution in [0.5, 0.6) is 0 Å². The topological polar surface area (TPSA) is 49.9 Å². The highest BCUT2D eigenvalue weighted by atomic mass is 79.9. The van der Waals surface area contributed by atoms with Gasteiger partial charge in [0, 0.05) is 11.4 Å². The van der Waals surface area contributed by atoms with Gasteiger partial charge in [-0.05, 0) is 49.0 Å². The predicted molar refractivity (Wildman–Crippen MR) is 87.2 cm³/mol. The number of thiophene rings is 1. The number of halogens is 1. The molecular weight excluding hydrogens is 356 g/mol. The van der Waals surface area contributed by atoms with Crippen LogP contribution in [-0.2, 0) is 20.9 Å². The van der Waals surface area contributed by atoms with Crippen molar-refractivity contribution in [2.24, 2.45) is 0 Å². The number of likely N-dealkylation sites (N-methyl/N-ethyl adjacent to an activating group) is 2. The molecule has 0 aliphatic rings. The van der Waals surface area contributed by atoms with Crippen LogP contribution in [0.15, 0.2) is 15.9 Å². The molecule has 7 heteroatoms. The summed E-state index contributed by atoms with van der Waals surface area (Å²) in [6.07, 6.45) is 0. The van der Waals surface area contributed by atoms with Crippen molar-refractivity contribution in [3.8, 4) is 0 Å². The molecule has 5 nitrogen and oxygen atoms in total. The first kappa shape index (κ1) is 18.1. The van der Waals surface area contributed by atoms with E-state index in [2.05, 4.69) is 15.9 Å². The third kappa shape index (κ3) is 6.58. The lowest BCUT2D eigenvalue weighted by molar-refractivity contribution is -0.144. The van der Waals surface area contributed by atoms with Gasteiger partial charge >= 0.3 is 5.97 Å². The van der Waals surface area contributed by atoms with Crippen molar-refractivity contribution < 1.29 is 14.3 Å². The number of esters is 1. The van der Waals surface area contributed by atoms with E-state index in [-0.39, 0.29) is 25.0 Å². The Balaban J connectivity index is 2.49. The van der Waals surface area contributed by atoms with Crippen LogP contribution in [0.4, 0.5) is 0 Å². The van der Waals surface area contributed by atoms with Gasteiger partial charge in [0.05, 0.1) is 30.0 Å². The number of hydrogen-bond acceptors (Lipinski definition) is 5. The molecule has 118 valence electrons. The Kier molecular flexibility index (Phi) is 7.92. The molecule has 0 N–H and O–H groups in total. The van der Waals surface area contributed by atoms with E-state index in [1.807, 2.05) is 19.1 Å². The van der Waals surface area contributed by atoms with Gasteiger partial charge in [-0.2, -0.15) is 0 Å². The monoisotopic (exact) mass is 376 g/mol. The number of ether oxygens (including phenoxy) is 1. The van der Waals surface area contributed by atoms with E-state index in [0.717, 1.165) is 8.66 Å². The predicted octanol–water partition coefficient (Wildman–Crippen LogP) is 2.35. The molecule has 21 heavy (non-hydrogen) atoms. The maximum Gasteiger partial charge on any atom is 0.320 e. The lowest BCUT2D eigenvalue weighted by Gasteiger charge is -2.23. The van der Waals surface area contributed by atoms with Crippen LogP contribution in [0.1, 0.15) is 18.7 Å². The Bertz CT molecular complexity index is 479. The largest absolute Gasteiger partial charge is 0.465 e. The Morgan fingerprint density at radius 3 is 2.52 bits per heavy atom. The Labute approximate surface area is 138 Å². The van der Waals surface area contributed by atoms with Crippen LogP contribution in [0.3, 0.4) is 0 Å². The van der Waals surface area contributed by atoms with Crippen molar-refractivity contribution in [2.75, 3.05) is 33.3 Å². The summed E-state index contributed by atoms with van der Waals surface area (Å²) in [5, 5.41) is 0. The summed E-state index contributed by atoms with van der Waals surface area (Å²) < 4.78 is 5.93. The molecule has 0 aromatic carbocycles. The normalized spacial score (nSPS) is 10.7. The number of rotatable bonds is 8. The van der Waals surface area contributed by atoms with Gasteiger partial charge in [-0.1, -0.05) is 0 Å². The van der Waals surface area contributed by atoms with Crippen molar-refractivity contribution in [2.45, 2.75) is 20.4 Å². The Hall–Kier alpha value is -0.920. The molecule has 0 spiro atoms. The van der Waals surface area contributed by atoms with Crippen molar-refractivity contribution in [3.05, 3.63) is 20.8 Å². The Morgan fingerprint density at radius 1 is 1.29 bits per heavy atom. The lowest BCUT2D eigenvalue weighted by atomic mass is 10.3. The quantitative estimate of drug-likeness (QED) is 0.653. The molecule has 1 rings (SSSR count). The zero-order valence-electron chi connectivity index (χ0n) is 12.6. The third-order valence-electron chi connectivity index (χ3n) is 2.82. The molecule has 0 atom stereocenters. The molecule has 1 heterocycles. The minimum absolute atomic E-state index is 0.00817. The number of amides is 1. The average Bonchev–Trinajstić information content (AvgIpc) is 2.81. The summed E-state index contributed by atoms with van der Waals surface area (Å²) in [7, 11) is 1.74. The molecule has 0 aliphatic heterocycles. The van der Waals surface area contributed by atoms with E-state index >= 15 is 0 Å². The molecule has 0 aliphatic carbocycles. The molecule has 0 radical (unpaired) electrons. The molecular formula is C14H21BrN2O3S.